The maximum absolute atomic E-state index is 15.4. The zero-order valence-electron chi connectivity index (χ0n) is 17.8. The molecule has 3 aromatic heterocycles. The lowest BCUT2D eigenvalue weighted by Crippen LogP contribution is -2.02. The molecule has 0 bridgehead atoms. The zero-order valence-corrected chi connectivity index (χ0v) is 17.8. The summed E-state index contributed by atoms with van der Waals surface area (Å²) >= 11 is 0. The number of ether oxygens (including phenoxy) is 1. The maximum atomic E-state index is 15.4. The van der Waals surface area contributed by atoms with Crippen LogP contribution in [0.25, 0.3) is 33.4 Å². The van der Waals surface area contributed by atoms with E-state index in [0.29, 0.717) is 28.0 Å². The Morgan fingerprint density at radius 2 is 1.68 bits per heavy atom. The molecule has 2 aromatic carbocycles. The molecule has 0 fully saturated rings. The molecule has 0 aliphatic carbocycles. The van der Waals surface area contributed by atoms with Gasteiger partial charge in [-0.3, -0.25) is 4.98 Å². The van der Waals surface area contributed by atoms with Gasteiger partial charge in [-0.15, -0.1) is 0 Å². The summed E-state index contributed by atoms with van der Waals surface area (Å²) in [5.41, 5.74) is 2.08. The van der Waals surface area contributed by atoms with Crippen LogP contribution >= 0.6 is 0 Å². The van der Waals surface area contributed by atoms with E-state index in [2.05, 4.69) is 25.3 Å². The second-order valence-electron chi connectivity index (χ2n) is 7.33. The third-order valence-corrected chi connectivity index (χ3v) is 5.13. The highest BCUT2D eigenvalue weighted by atomic mass is 19.2. The van der Waals surface area contributed by atoms with Crippen LogP contribution in [-0.4, -0.2) is 27.0 Å². The van der Waals surface area contributed by atoms with E-state index in [4.69, 9.17) is 4.74 Å². The minimum atomic E-state index is -1.02. The standard InChI is InChI=1S/C25H16F3N5O/c1-34-22-11-14(6-8-30-22)16-9-18-23(21(28)10-16)32-24(15-3-2-7-29-13-15)33-25(18)31-17-4-5-19(26)20(27)12-17/h2-13H,1H3,(H,31,32,33). The number of nitrogens with one attached hydrogen (secondary N) is 1. The van der Waals surface area contributed by atoms with Gasteiger partial charge in [-0.2, -0.15) is 0 Å². The number of hydrogen-bond acceptors (Lipinski definition) is 6. The van der Waals surface area contributed by atoms with Crippen LogP contribution in [0.3, 0.4) is 0 Å². The minimum absolute atomic E-state index is 0.0590. The normalized spacial score (nSPS) is 10.9. The fraction of sp³-hybridized carbons (Fsp3) is 0.0400. The molecule has 34 heavy (non-hydrogen) atoms. The van der Waals surface area contributed by atoms with Crippen LogP contribution < -0.4 is 10.1 Å². The monoisotopic (exact) mass is 459 g/mol. The summed E-state index contributed by atoms with van der Waals surface area (Å²) < 4.78 is 47.8. The average Bonchev–Trinajstić information content (AvgIpc) is 2.87. The number of hydrogen-bond donors (Lipinski definition) is 1. The maximum Gasteiger partial charge on any atom is 0.213 e. The first kappa shape index (κ1) is 21.3. The molecule has 5 aromatic rings. The van der Waals surface area contributed by atoms with Crippen molar-refractivity contribution >= 4 is 22.4 Å². The molecule has 0 unspecified atom stereocenters. The predicted molar refractivity (Wildman–Crippen MR) is 122 cm³/mol. The third-order valence-electron chi connectivity index (χ3n) is 5.13. The molecule has 168 valence electrons. The number of aromatic nitrogens is 4. The molecule has 0 saturated heterocycles. The highest BCUT2D eigenvalue weighted by Crippen LogP contribution is 2.33. The molecule has 0 amide bonds. The average molecular weight is 459 g/mol. The molecule has 0 radical (unpaired) electrons. The van der Waals surface area contributed by atoms with Gasteiger partial charge in [0.25, 0.3) is 0 Å². The summed E-state index contributed by atoms with van der Waals surface area (Å²) in [5, 5.41) is 3.32. The lowest BCUT2D eigenvalue weighted by Gasteiger charge is -2.13. The van der Waals surface area contributed by atoms with Crippen LogP contribution in [0.15, 0.2) is 73.2 Å². The number of benzene rings is 2. The second kappa shape index (κ2) is 8.78. The van der Waals surface area contributed by atoms with Crippen molar-refractivity contribution in [2.24, 2.45) is 0 Å². The first-order chi connectivity index (χ1) is 16.5. The van der Waals surface area contributed by atoms with Crippen molar-refractivity contribution in [2.45, 2.75) is 0 Å². The summed E-state index contributed by atoms with van der Waals surface area (Å²) in [6.45, 7) is 0. The molecular formula is C25H16F3N5O. The van der Waals surface area contributed by atoms with Crippen molar-refractivity contribution in [1.82, 2.24) is 19.9 Å². The Hall–Kier alpha value is -4.53. The van der Waals surface area contributed by atoms with Gasteiger partial charge < -0.3 is 10.1 Å². The van der Waals surface area contributed by atoms with Gasteiger partial charge in [0.15, 0.2) is 17.5 Å². The van der Waals surface area contributed by atoms with E-state index < -0.39 is 17.5 Å². The highest BCUT2D eigenvalue weighted by molar-refractivity contribution is 5.95. The lowest BCUT2D eigenvalue weighted by molar-refractivity contribution is 0.398. The van der Waals surface area contributed by atoms with E-state index in [9.17, 15) is 8.78 Å². The Morgan fingerprint density at radius 1 is 0.794 bits per heavy atom. The second-order valence-corrected chi connectivity index (χ2v) is 7.33. The number of rotatable bonds is 5. The zero-order chi connectivity index (χ0) is 23.7. The van der Waals surface area contributed by atoms with Crippen molar-refractivity contribution in [3.05, 3.63) is 90.6 Å². The molecule has 6 nitrogen and oxygen atoms in total. The molecule has 9 heteroatoms. The topological polar surface area (TPSA) is 72.8 Å². The smallest absolute Gasteiger partial charge is 0.213 e. The van der Waals surface area contributed by atoms with Crippen molar-refractivity contribution in [3.8, 4) is 28.4 Å². The summed E-state index contributed by atoms with van der Waals surface area (Å²) in [6, 6.07) is 13.3. The lowest BCUT2D eigenvalue weighted by atomic mass is 10.0. The van der Waals surface area contributed by atoms with Crippen molar-refractivity contribution in [3.63, 3.8) is 0 Å². The largest absolute Gasteiger partial charge is 0.481 e. The van der Waals surface area contributed by atoms with Gasteiger partial charge in [-0.1, -0.05) is 0 Å². The van der Waals surface area contributed by atoms with Gasteiger partial charge in [0.1, 0.15) is 17.2 Å². The van der Waals surface area contributed by atoms with Gasteiger partial charge in [0, 0.05) is 47.4 Å². The molecule has 1 N–H and O–H groups in total. The van der Waals surface area contributed by atoms with Gasteiger partial charge in [0.05, 0.1) is 7.11 Å². The van der Waals surface area contributed by atoms with Gasteiger partial charge in [-0.25, -0.2) is 28.1 Å². The van der Waals surface area contributed by atoms with Gasteiger partial charge in [0.2, 0.25) is 5.88 Å². The Bertz CT molecular complexity index is 1510. The van der Waals surface area contributed by atoms with Crippen molar-refractivity contribution < 1.29 is 17.9 Å². The third kappa shape index (κ3) is 4.11. The molecule has 0 saturated carbocycles. The van der Waals surface area contributed by atoms with E-state index in [1.165, 1.54) is 19.2 Å². The highest BCUT2D eigenvalue weighted by Gasteiger charge is 2.16. The van der Waals surface area contributed by atoms with E-state index >= 15 is 4.39 Å². The molecule has 0 aliphatic rings. The summed E-state index contributed by atoms with van der Waals surface area (Å²) in [4.78, 5) is 17.1. The number of fused-ring (bicyclic) bond motifs is 1. The summed E-state index contributed by atoms with van der Waals surface area (Å²) in [7, 11) is 1.49. The van der Waals surface area contributed by atoms with Crippen LogP contribution in [0.5, 0.6) is 5.88 Å². The molecule has 0 aliphatic heterocycles. The number of pyridine rings is 2. The Labute approximate surface area is 192 Å². The van der Waals surface area contributed by atoms with Crippen LogP contribution in [0.2, 0.25) is 0 Å². The molecule has 0 atom stereocenters. The fourth-order valence-corrected chi connectivity index (χ4v) is 3.49. The molecule has 5 rings (SSSR count). The van der Waals surface area contributed by atoms with Crippen molar-refractivity contribution in [1.29, 1.82) is 0 Å². The fourth-order valence-electron chi connectivity index (χ4n) is 3.49. The van der Waals surface area contributed by atoms with E-state index in [0.717, 1.165) is 12.1 Å². The molecule has 3 heterocycles. The summed E-state index contributed by atoms with van der Waals surface area (Å²) in [6.07, 6.45) is 4.71. The van der Waals surface area contributed by atoms with Gasteiger partial charge in [-0.05, 0) is 53.6 Å². The van der Waals surface area contributed by atoms with Crippen molar-refractivity contribution in [2.75, 3.05) is 12.4 Å². The Kier molecular flexibility index (Phi) is 5.51. The van der Waals surface area contributed by atoms with E-state index in [-0.39, 0.29) is 22.8 Å². The van der Waals surface area contributed by atoms with Crippen LogP contribution in [0.1, 0.15) is 0 Å². The van der Waals surface area contributed by atoms with E-state index in [1.807, 2.05) is 0 Å². The SMILES string of the molecule is COc1cc(-c2cc(F)c3nc(-c4cccnc4)nc(Nc4ccc(F)c(F)c4)c3c2)ccn1. The Balaban J connectivity index is 1.72. The minimum Gasteiger partial charge on any atom is -0.481 e. The van der Waals surface area contributed by atoms with Crippen LogP contribution in [0.4, 0.5) is 24.7 Å². The predicted octanol–water partition coefficient (Wildman–Crippen LogP) is 5.92. The van der Waals surface area contributed by atoms with Crippen LogP contribution in [-0.2, 0) is 0 Å². The summed E-state index contributed by atoms with van der Waals surface area (Å²) in [5.74, 6) is -1.76. The van der Waals surface area contributed by atoms with E-state index in [1.54, 1.807) is 48.9 Å². The quantitative estimate of drug-likeness (QED) is 0.352. The first-order valence-electron chi connectivity index (χ1n) is 10.2. The van der Waals surface area contributed by atoms with Gasteiger partial charge >= 0.3 is 0 Å². The number of anilines is 2. The number of nitrogens with zero attached hydrogens (tertiary/aromatic N) is 4. The number of methoxy groups -OCH3 is 1. The van der Waals surface area contributed by atoms with Crippen LogP contribution in [0, 0.1) is 17.5 Å². The number of halogens is 3. The molecular weight excluding hydrogens is 443 g/mol. The first-order valence-corrected chi connectivity index (χ1v) is 10.2. The molecule has 0 spiro atoms. The Morgan fingerprint density at radius 3 is 2.44 bits per heavy atom.